The van der Waals surface area contributed by atoms with E-state index in [1.54, 1.807) is 7.11 Å². The maximum absolute atomic E-state index is 6.03. The van der Waals surface area contributed by atoms with Crippen LogP contribution in [0.4, 0.5) is 0 Å². The molecule has 0 aliphatic carbocycles. The van der Waals surface area contributed by atoms with Crippen LogP contribution in [0, 0.1) is 0 Å². The molecule has 0 radical (unpaired) electrons. The van der Waals surface area contributed by atoms with Gasteiger partial charge in [0.15, 0.2) is 17.8 Å². The Balaban J connectivity index is 1.95. The summed E-state index contributed by atoms with van der Waals surface area (Å²) < 4.78 is 23.8. The van der Waals surface area contributed by atoms with Crippen LogP contribution in [0.2, 0.25) is 0 Å². The number of benzene rings is 2. The van der Waals surface area contributed by atoms with Gasteiger partial charge in [-0.15, -0.1) is 0 Å². The standard InChI is InChI=1S/C20H25BrO4/c1-3-20(24-15-16-8-5-4-6-9-16)25-18-11-10-17(21)14-19(18)23-13-7-12-22-2/h4-6,8-11,14,20H,3,7,12-13,15H2,1-2H3. The van der Waals surface area contributed by atoms with Gasteiger partial charge >= 0.3 is 0 Å². The van der Waals surface area contributed by atoms with Gasteiger partial charge in [0.05, 0.1) is 13.2 Å². The second kappa shape index (κ2) is 11.1. The number of ether oxygens (including phenoxy) is 4. The van der Waals surface area contributed by atoms with Crippen molar-refractivity contribution >= 4 is 15.9 Å². The Morgan fingerprint density at radius 2 is 1.80 bits per heavy atom. The highest BCUT2D eigenvalue weighted by Crippen LogP contribution is 2.32. The fourth-order valence-electron chi connectivity index (χ4n) is 2.22. The first-order chi connectivity index (χ1) is 12.2. The van der Waals surface area contributed by atoms with E-state index in [0.29, 0.717) is 31.3 Å². The van der Waals surface area contributed by atoms with Crippen molar-refractivity contribution in [3.63, 3.8) is 0 Å². The molecule has 136 valence electrons. The summed E-state index contributed by atoms with van der Waals surface area (Å²) >= 11 is 3.47. The highest BCUT2D eigenvalue weighted by Gasteiger charge is 2.13. The minimum Gasteiger partial charge on any atom is -0.490 e. The second-order valence-corrected chi connectivity index (χ2v) is 6.45. The van der Waals surface area contributed by atoms with E-state index in [4.69, 9.17) is 18.9 Å². The number of halogens is 1. The first kappa shape index (κ1) is 19.8. The molecule has 0 aliphatic rings. The zero-order valence-corrected chi connectivity index (χ0v) is 16.3. The van der Waals surface area contributed by atoms with Crippen LogP contribution < -0.4 is 9.47 Å². The Morgan fingerprint density at radius 1 is 1.00 bits per heavy atom. The molecule has 2 rings (SSSR count). The van der Waals surface area contributed by atoms with Gasteiger partial charge in [-0.25, -0.2) is 0 Å². The predicted molar refractivity (Wildman–Crippen MR) is 102 cm³/mol. The molecule has 2 aromatic carbocycles. The van der Waals surface area contributed by atoms with Crippen LogP contribution in [0.15, 0.2) is 53.0 Å². The van der Waals surface area contributed by atoms with Crippen LogP contribution in [-0.4, -0.2) is 26.6 Å². The van der Waals surface area contributed by atoms with E-state index in [0.717, 1.165) is 22.9 Å². The molecule has 5 heteroatoms. The van der Waals surface area contributed by atoms with E-state index < -0.39 is 0 Å². The fraction of sp³-hybridized carbons (Fsp3) is 0.400. The van der Waals surface area contributed by atoms with Crippen molar-refractivity contribution in [2.75, 3.05) is 20.3 Å². The SMILES string of the molecule is CCC(OCc1ccccc1)Oc1ccc(Br)cc1OCCCOC. The van der Waals surface area contributed by atoms with Crippen molar-refractivity contribution in [3.8, 4) is 11.5 Å². The first-order valence-corrected chi connectivity index (χ1v) is 9.25. The van der Waals surface area contributed by atoms with E-state index >= 15 is 0 Å². The molecule has 0 saturated carbocycles. The minimum atomic E-state index is -0.331. The molecule has 0 saturated heterocycles. The summed E-state index contributed by atoms with van der Waals surface area (Å²) in [6.07, 6.45) is 1.23. The molecular formula is C20H25BrO4. The molecule has 1 unspecified atom stereocenters. The lowest BCUT2D eigenvalue weighted by molar-refractivity contribution is -0.0916. The predicted octanol–water partition coefficient (Wildman–Crippen LogP) is 5.20. The van der Waals surface area contributed by atoms with E-state index in [1.807, 2.05) is 55.5 Å². The van der Waals surface area contributed by atoms with Gasteiger partial charge in [0.1, 0.15) is 0 Å². The third-order valence-electron chi connectivity index (χ3n) is 3.53. The molecule has 1 atom stereocenters. The molecule has 0 fully saturated rings. The second-order valence-electron chi connectivity index (χ2n) is 5.54. The molecule has 0 aromatic heterocycles. The van der Waals surface area contributed by atoms with Crippen molar-refractivity contribution in [1.82, 2.24) is 0 Å². The largest absolute Gasteiger partial charge is 0.490 e. The van der Waals surface area contributed by atoms with E-state index in [9.17, 15) is 0 Å². The van der Waals surface area contributed by atoms with Crippen molar-refractivity contribution in [2.24, 2.45) is 0 Å². The smallest absolute Gasteiger partial charge is 0.200 e. The van der Waals surface area contributed by atoms with Crippen LogP contribution in [0.5, 0.6) is 11.5 Å². The molecule has 0 spiro atoms. The average Bonchev–Trinajstić information content (AvgIpc) is 2.64. The normalized spacial score (nSPS) is 12.0. The van der Waals surface area contributed by atoms with Crippen molar-refractivity contribution in [1.29, 1.82) is 0 Å². The Labute approximate surface area is 158 Å². The summed E-state index contributed by atoms with van der Waals surface area (Å²) in [5, 5.41) is 0. The lowest BCUT2D eigenvalue weighted by Gasteiger charge is -2.20. The summed E-state index contributed by atoms with van der Waals surface area (Å²) in [5.74, 6) is 1.38. The van der Waals surface area contributed by atoms with Gasteiger partial charge in [-0.05, 0) is 23.8 Å². The summed E-state index contributed by atoms with van der Waals surface area (Å²) in [6.45, 7) is 3.79. The number of methoxy groups -OCH3 is 1. The van der Waals surface area contributed by atoms with Gasteiger partial charge in [-0.1, -0.05) is 53.2 Å². The maximum Gasteiger partial charge on any atom is 0.200 e. The highest BCUT2D eigenvalue weighted by atomic mass is 79.9. The monoisotopic (exact) mass is 408 g/mol. The zero-order chi connectivity index (χ0) is 17.9. The Hall–Kier alpha value is -1.56. The van der Waals surface area contributed by atoms with Crippen LogP contribution in [0.3, 0.4) is 0 Å². The molecule has 0 aliphatic heterocycles. The zero-order valence-electron chi connectivity index (χ0n) is 14.7. The van der Waals surface area contributed by atoms with Crippen molar-refractivity contribution < 1.29 is 18.9 Å². The lowest BCUT2D eigenvalue weighted by Crippen LogP contribution is -2.20. The van der Waals surface area contributed by atoms with Gasteiger partial charge in [0.2, 0.25) is 0 Å². The molecule has 0 amide bonds. The molecule has 4 nitrogen and oxygen atoms in total. The molecule has 2 aromatic rings. The van der Waals surface area contributed by atoms with Gasteiger partial charge < -0.3 is 18.9 Å². The van der Waals surface area contributed by atoms with Crippen molar-refractivity contribution in [3.05, 3.63) is 58.6 Å². The molecule has 0 bridgehead atoms. The third kappa shape index (κ3) is 7.06. The molecule has 25 heavy (non-hydrogen) atoms. The Morgan fingerprint density at radius 3 is 2.52 bits per heavy atom. The topological polar surface area (TPSA) is 36.9 Å². The quantitative estimate of drug-likeness (QED) is 0.378. The molecule has 0 heterocycles. The van der Waals surface area contributed by atoms with Gasteiger partial charge in [0.25, 0.3) is 0 Å². The average molecular weight is 409 g/mol. The van der Waals surface area contributed by atoms with Crippen molar-refractivity contribution in [2.45, 2.75) is 32.7 Å². The Kier molecular flexibility index (Phi) is 8.80. The van der Waals surface area contributed by atoms with Gasteiger partial charge in [0, 0.05) is 31.0 Å². The summed E-state index contributed by atoms with van der Waals surface area (Å²) in [5.41, 5.74) is 1.12. The van der Waals surface area contributed by atoms with Crippen LogP contribution in [0.1, 0.15) is 25.3 Å². The summed E-state index contributed by atoms with van der Waals surface area (Å²) in [7, 11) is 1.68. The lowest BCUT2D eigenvalue weighted by atomic mass is 10.2. The van der Waals surface area contributed by atoms with Crippen LogP contribution in [0.25, 0.3) is 0 Å². The maximum atomic E-state index is 6.03. The highest BCUT2D eigenvalue weighted by molar-refractivity contribution is 9.10. The summed E-state index contributed by atoms with van der Waals surface area (Å²) in [4.78, 5) is 0. The van der Waals surface area contributed by atoms with Crippen LogP contribution >= 0.6 is 15.9 Å². The Bertz CT molecular complexity index is 618. The van der Waals surface area contributed by atoms with E-state index in [2.05, 4.69) is 15.9 Å². The van der Waals surface area contributed by atoms with Gasteiger partial charge in [-0.2, -0.15) is 0 Å². The molecule has 0 N–H and O–H groups in total. The van der Waals surface area contributed by atoms with E-state index in [1.165, 1.54) is 0 Å². The minimum absolute atomic E-state index is 0.331. The summed E-state index contributed by atoms with van der Waals surface area (Å²) in [6, 6.07) is 15.8. The van der Waals surface area contributed by atoms with E-state index in [-0.39, 0.29) is 6.29 Å². The molecular weight excluding hydrogens is 384 g/mol. The number of hydrogen-bond donors (Lipinski definition) is 0. The number of hydrogen-bond acceptors (Lipinski definition) is 4. The fourth-order valence-corrected chi connectivity index (χ4v) is 2.56. The number of rotatable bonds is 11. The first-order valence-electron chi connectivity index (χ1n) is 8.46. The van der Waals surface area contributed by atoms with Gasteiger partial charge in [-0.3, -0.25) is 0 Å². The third-order valence-corrected chi connectivity index (χ3v) is 4.02. The van der Waals surface area contributed by atoms with Crippen LogP contribution in [-0.2, 0) is 16.1 Å².